The van der Waals surface area contributed by atoms with Gasteiger partial charge in [-0.2, -0.15) is 0 Å². The van der Waals surface area contributed by atoms with Crippen LogP contribution in [0.3, 0.4) is 0 Å². The molecule has 2 rings (SSSR count). The van der Waals surface area contributed by atoms with Crippen LogP contribution in [0, 0.1) is 6.92 Å². The molecule has 0 unspecified atom stereocenters. The molecule has 1 aromatic carbocycles. The number of benzene rings is 1. The van der Waals surface area contributed by atoms with Crippen LogP contribution in [0.15, 0.2) is 42.5 Å². The van der Waals surface area contributed by atoms with Crippen molar-refractivity contribution in [2.24, 2.45) is 5.73 Å². The summed E-state index contributed by atoms with van der Waals surface area (Å²) in [4.78, 5) is 16.2. The predicted octanol–water partition coefficient (Wildman–Crippen LogP) is 2.10. The molecule has 0 aliphatic carbocycles. The molecule has 0 fully saturated rings. The van der Waals surface area contributed by atoms with E-state index in [2.05, 4.69) is 10.3 Å². The first-order chi connectivity index (χ1) is 8.69. The Morgan fingerprint density at radius 3 is 2.78 bits per heavy atom. The second-order valence-corrected chi connectivity index (χ2v) is 4.04. The molecule has 0 saturated heterocycles. The lowest BCUT2D eigenvalue weighted by atomic mass is 10.1. The summed E-state index contributed by atoms with van der Waals surface area (Å²) in [5, 5.41) is 2.75. The maximum atomic E-state index is 12.0. The van der Waals surface area contributed by atoms with Crippen LogP contribution in [0.25, 0.3) is 0 Å². The molecule has 1 aromatic heterocycles. The predicted molar refractivity (Wildman–Crippen MR) is 71.3 cm³/mol. The summed E-state index contributed by atoms with van der Waals surface area (Å²) in [6, 6.07) is 12.8. The standard InChI is InChI=1S/C14H15N3O/c1-10-4-2-5-11(8-10)14(18)17-13-7-3-6-12(9-15)16-13/h2-8H,9,15H2,1H3,(H,16,17,18). The highest BCUT2D eigenvalue weighted by atomic mass is 16.1. The van der Waals surface area contributed by atoms with Gasteiger partial charge in [0.15, 0.2) is 0 Å². The van der Waals surface area contributed by atoms with Crippen LogP contribution < -0.4 is 11.1 Å². The van der Waals surface area contributed by atoms with Crippen LogP contribution in [0.5, 0.6) is 0 Å². The topological polar surface area (TPSA) is 68.0 Å². The van der Waals surface area contributed by atoms with Crippen LogP contribution in [-0.4, -0.2) is 10.9 Å². The number of hydrogen-bond donors (Lipinski definition) is 2. The van der Waals surface area contributed by atoms with E-state index in [9.17, 15) is 4.79 Å². The SMILES string of the molecule is Cc1cccc(C(=O)Nc2cccc(CN)n2)c1. The van der Waals surface area contributed by atoms with Gasteiger partial charge in [-0.25, -0.2) is 4.98 Å². The van der Waals surface area contributed by atoms with Crippen LogP contribution in [0.4, 0.5) is 5.82 Å². The van der Waals surface area contributed by atoms with Gasteiger partial charge in [0.2, 0.25) is 0 Å². The first-order valence-electron chi connectivity index (χ1n) is 5.73. The number of hydrogen-bond acceptors (Lipinski definition) is 3. The first kappa shape index (κ1) is 12.3. The summed E-state index contributed by atoms with van der Waals surface area (Å²) in [6.07, 6.45) is 0. The fourth-order valence-corrected chi connectivity index (χ4v) is 1.64. The van der Waals surface area contributed by atoms with Gasteiger partial charge in [-0.1, -0.05) is 23.8 Å². The van der Waals surface area contributed by atoms with Gasteiger partial charge < -0.3 is 11.1 Å². The number of nitrogens with zero attached hydrogens (tertiary/aromatic N) is 1. The molecule has 0 spiro atoms. The third kappa shape index (κ3) is 2.93. The van der Waals surface area contributed by atoms with Gasteiger partial charge in [0.05, 0.1) is 5.69 Å². The number of pyridine rings is 1. The van der Waals surface area contributed by atoms with E-state index in [0.29, 0.717) is 17.9 Å². The highest BCUT2D eigenvalue weighted by Crippen LogP contribution is 2.09. The van der Waals surface area contributed by atoms with Crippen molar-refractivity contribution in [2.75, 3.05) is 5.32 Å². The Hall–Kier alpha value is -2.20. The minimum Gasteiger partial charge on any atom is -0.325 e. The van der Waals surface area contributed by atoms with Crippen molar-refractivity contribution in [3.05, 3.63) is 59.3 Å². The zero-order valence-electron chi connectivity index (χ0n) is 10.2. The van der Waals surface area contributed by atoms with Crippen molar-refractivity contribution in [3.63, 3.8) is 0 Å². The summed E-state index contributed by atoms with van der Waals surface area (Å²) in [6.45, 7) is 2.30. The van der Waals surface area contributed by atoms with E-state index < -0.39 is 0 Å². The van der Waals surface area contributed by atoms with Crippen molar-refractivity contribution < 1.29 is 4.79 Å². The lowest BCUT2D eigenvalue weighted by Gasteiger charge is -2.06. The molecule has 18 heavy (non-hydrogen) atoms. The van der Waals surface area contributed by atoms with Gasteiger partial charge in [-0.3, -0.25) is 4.79 Å². The van der Waals surface area contributed by atoms with Crippen molar-refractivity contribution >= 4 is 11.7 Å². The van der Waals surface area contributed by atoms with Gasteiger partial charge in [0.1, 0.15) is 5.82 Å². The maximum Gasteiger partial charge on any atom is 0.256 e. The molecule has 1 heterocycles. The van der Waals surface area contributed by atoms with E-state index in [-0.39, 0.29) is 5.91 Å². The van der Waals surface area contributed by atoms with Crippen LogP contribution >= 0.6 is 0 Å². The minimum absolute atomic E-state index is 0.166. The van der Waals surface area contributed by atoms with Crippen molar-refractivity contribution in [3.8, 4) is 0 Å². The van der Waals surface area contributed by atoms with E-state index in [4.69, 9.17) is 5.73 Å². The largest absolute Gasteiger partial charge is 0.325 e. The maximum absolute atomic E-state index is 12.0. The third-order valence-corrected chi connectivity index (χ3v) is 2.54. The zero-order valence-corrected chi connectivity index (χ0v) is 10.2. The van der Waals surface area contributed by atoms with Crippen LogP contribution in [0.1, 0.15) is 21.6 Å². The summed E-state index contributed by atoms with van der Waals surface area (Å²) >= 11 is 0. The second kappa shape index (κ2) is 5.42. The molecular formula is C14H15N3O. The normalized spacial score (nSPS) is 10.1. The summed E-state index contributed by atoms with van der Waals surface area (Å²) < 4.78 is 0. The first-order valence-corrected chi connectivity index (χ1v) is 5.73. The highest BCUT2D eigenvalue weighted by Gasteiger charge is 2.06. The Kier molecular flexibility index (Phi) is 3.69. The smallest absolute Gasteiger partial charge is 0.256 e. The molecule has 4 nitrogen and oxygen atoms in total. The lowest BCUT2D eigenvalue weighted by molar-refractivity contribution is 0.102. The summed E-state index contributed by atoms with van der Waals surface area (Å²) in [5.41, 5.74) is 7.92. The molecule has 3 N–H and O–H groups in total. The molecule has 0 bridgehead atoms. The molecule has 0 radical (unpaired) electrons. The molecule has 0 aliphatic heterocycles. The van der Waals surface area contributed by atoms with Gasteiger partial charge in [0.25, 0.3) is 5.91 Å². The summed E-state index contributed by atoms with van der Waals surface area (Å²) in [5.74, 6) is 0.352. The van der Waals surface area contributed by atoms with Crippen molar-refractivity contribution in [1.29, 1.82) is 0 Å². The molecular weight excluding hydrogens is 226 g/mol. The monoisotopic (exact) mass is 241 g/mol. The zero-order chi connectivity index (χ0) is 13.0. The van der Waals surface area contributed by atoms with Crippen molar-refractivity contribution in [1.82, 2.24) is 4.98 Å². The number of rotatable bonds is 3. The fourth-order valence-electron chi connectivity index (χ4n) is 1.64. The Labute approximate surface area is 106 Å². The molecule has 0 saturated carbocycles. The number of amides is 1. The average Bonchev–Trinajstić information content (AvgIpc) is 2.39. The molecule has 4 heteroatoms. The van der Waals surface area contributed by atoms with Gasteiger partial charge >= 0.3 is 0 Å². The highest BCUT2D eigenvalue weighted by molar-refractivity contribution is 6.03. The summed E-state index contributed by atoms with van der Waals surface area (Å²) in [7, 11) is 0. The number of aromatic nitrogens is 1. The Morgan fingerprint density at radius 1 is 1.28 bits per heavy atom. The van der Waals surface area contributed by atoms with Gasteiger partial charge in [-0.05, 0) is 31.2 Å². The number of aryl methyl sites for hydroxylation is 1. The molecule has 92 valence electrons. The molecule has 0 aliphatic rings. The quantitative estimate of drug-likeness (QED) is 0.864. The Bertz CT molecular complexity index is 566. The van der Waals surface area contributed by atoms with Gasteiger partial charge in [-0.15, -0.1) is 0 Å². The van der Waals surface area contributed by atoms with Crippen LogP contribution in [-0.2, 0) is 6.54 Å². The van der Waals surface area contributed by atoms with Crippen molar-refractivity contribution in [2.45, 2.75) is 13.5 Å². The van der Waals surface area contributed by atoms with Gasteiger partial charge in [0, 0.05) is 12.1 Å². The average molecular weight is 241 g/mol. The number of carbonyl (C=O) groups excluding carboxylic acids is 1. The van der Waals surface area contributed by atoms with E-state index in [1.807, 2.05) is 37.3 Å². The lowest BCUT2D eigenvalue weighted by Crippen LogP contribution is -2.14. The van der Waals surface area contributed by atoms with E-state index in [1.165, 1.54) is 0 Å². The minimum atomic E-state index is -0.166. The molecule has 2 aromatic rings. The number of anilines is 1. The number of nitrogens with one attached hydrogen (secondary N) is 1. The number of carbonyl (C=O) groups is 1. The molecule has 0 atom stereocenters. The van der Waals surface area contributed by atoms with E-state index in [0.717, 1.165) is 11.3 Å². The third-order valence-electron chi connectivity index (χ3n) is 2.54. The number of nitrogens with two attached hydrogens (primary N) is 1. The fraction of sp³-hybridized carbons (Fsp3) is 0.143. The van der Waals surface area contributed by atoms with E-state index in [1.54, 1.807) is 12.1 Å². The Morgan fingerprint density at radius 2 is 2.06 bits per heavy atom. The van der Waals surface area contributed by atoms with E-state index >= 15 is 0 Å². The Balaban J connectivity index is 2.16. The van der Waals surface area contributed by atoms with Crippen LogP contribution in [0.2, 0.25) is 0 Å². The molecule has 1 amide bonds. The second-order valence-electron chi connectivity index (χ2n) is 4.04.